The molecule has 9 nitrogen and oxygen atoms in total. The van der Waals surface area contributed by atoms with Gasteiger partial charge in [-0.25, -0.2) is 4.79 Å². The highest BCUT2D eigenvalue weighted by atomic mass is 31.2. The van der Waals surface area contributed by atoms with Gasteiger partial charge in [0.1, 0.15) is 18.4 Å². The second-order valence-corrected chi connectivity index (χ2v) is 6.71. The number of rotatable bonds is 8. The molecule has 0 heterocycles. The van der Waals surface area contributed by atoms with E-state index in [1.165, 1.54) is 6.92 Å². The van der Waals surface area contributed by atoms with Crippen LogP contribution in [0.2, 0.25) is 0 Å². The van der Waals surface area contributed by atoms with Gasteiger partial charge in [-0.15, -0.1) is 0 Å². The zero-order chi connectivity index (χ0) is 17.6. The van der Waals surface area contributed by atoms with Gasteiger partial charge >= 0.3 is 13.7 Å². The molecule has 2 atom stereocenters. The Morgan fingerprint density at radius 3 is 2.35 bits per heavy atom. The van der Waals surface area contributed by atoms with Gasteiger partial charge in [0, 0.05) is 6.42 Å². The lowest BCUT2D eigenvalue weighted by atomic mass is 10.1. The molecule has 1 rings (SSSR count). The first-order chi connectivity index (χ1) is 10.6. The van der Waals surface area contributed by atoms with Crippen LogP contribution in [-0.2, 0) is 20.8 Å². The maximum atomic E-state index is 11.9. The van der Waals surface area contributed by atoms with Crippen LogP contribution in [0.15, 0.2) is 30.3 Å². The number of ketones is 1. The molecule has 2 unspecified atom stereocenters. The van der Waals surface area contributed by atoms with Crippen molar-refractivity contribution >= 4 is 19.5 Å². The van der Waals surface area contributed by atoms with Gasteiger partial charge in [-0.1, -0.05) is 30.3 Å². The van der Waals surface area contributed by atoms with Crippen LogP contribution in [0, 0.1) is 0 Å². The summed E-state index contributed by atoms with van der Waals surface area (Å²) in [6.45, 7) is 1.18. The van der Waals surface area contributed by atoms with Gasteiger partial charge in [0.25, 0.3) is 0 Å². The number of hydrogen-bond acceptors (Lipinski definition) is 5. The third kappa shape index (κ3) is 6.09. The largest absolute Gasteiger partial charge is 0.463 e. The monoisotopic (exact) mass is 346 g/mol. The molecule has 1 aromatic rings. The molecule has 0 spiro atoms. The van der Waals surface area contributed by atoms with Gasteiger partial charge in [0.15, 0.2) is 5.78 Å². The Morgan fingerprint density at radius 1 is 1.30 bits per heavy atom. The van der Waals surface area contributed by atoms with E-state index in [1.807, 2.05) is 0 Å². The van der Waals surface area contributed by atoms with Crippen molar-refractivity contribution in [3.8, 4) is 0 Å². The summed E-state index contributed by atoms with van der Waals surface area (Å²) in [5, 5.41) is 9.57. The molecule has 0 saturated heterocycles. The van der Waals surface area contributed by atoms with Crippen molar-refractivity contribution < 1.29 is 33.9 Å². The first kappa shape index (κ1) is 19.3. The number of carbonyl (C=O) groups excluding carboxylic acids is 1. The van der Waals surface area contributed by atoms with Gasteiger partial charge in [0.05, 0.1) is 0 Å². The van der Waals surface area contributed by atoms with E-state index in [1.54, 1.807) is 30.3 Å². The first-order valence-electron chi connectivity index (χ1n) is 6.65. The minimum atomic E-state index is -4.62. The molecule has 0 radical (unpaired) electrons. The average Bonchev–Trinajstić information content (AvgIpc) is 2.46. The number of Topliss-reactive ketones (excluding diaryl/α,β-unsaturated/α-hetero) is 1. The van der Waals surface area contributed by atoms with Crippen molar-refractivity contribution in [1.29, 1.82) is 0 Å². The molecule has 0 aliphatic heterocycles. The highest BCUT2D eigenvalue weighted by molar-refractivity contribution is 7.52. The number of amides is 1. The van der Waals surface area contributed by atoms with Crippen molar-refractivity contribution in [3.63, 3.8) is 0 Å². The minimum absolute atomic E-state index is 0.0741. The highest BCUT2D eigenvalue weighted by Gasteiger charge is 2.33. The summed E-state index contributed by atoms with van der Waals surface area (Å²) in [5.41, 5.74) is 5.94. The van der Waals surface area contributed by atoms with Crippen LogP contribution < -0.4 is 5.73 Å². The standard InChI is InChI=1S/C13H19N2O7P/c1-9(11(16)7-12(14)23(19,20)21)15(13(17)18)22-8-10-5-3-2-4-6-10/h2-6,9,12H,7-8,14H2,1H3,(H,17,18)(H2,19,20,21). The number of hydroxylamine groups is 2. The zero-order valence-corrected chi connectivity index (χ0v) is 13.3. The van der Waals surface area contributed by atoms with E-state index in [4.69, 9.17) is 25.5 Å². The fraction of sp³-hybridized carbons (Fsp3) is 0.385. The lowest BCUT2D eigenvalue weighted by molar-refractivity contribution is -0.171. The highest BCUT2D eigenvalue weighted by Crippen LogP contribution is 2.39. The van der Waals surface area contributed by atoms with Crippen molar-refractivity contribution in [3.05, 3.63) is 35.9 Å². The SMILES string of the molecule is CC(C(=O)CC(N)P(=O)(O)O)N(OCc1ccccc1)C(=O)O. The summed E-state index contributed by atoms with van der Waals surface area (Å²) >= 11 is 0. The quantitative estimate of drug-likeness (QED) is 0.400. The number of benzene rings is 1. The number of nitrogens with zero attached hydrogens (tertiary/aromatic N) is 1. The molecule has 5 N–H and O–H groups in total. The second kappa shape index (κ2) is 8.19. The number of carboxylic acid groups (broad SMARTS) is 1. The molecule has 0 aliphatic carbocycles. The second-order valence-electron chi connectivity index (χ2n) is 4.87. The van der Waals surface area contributed by atoms with Crippen LogP contribution in [0.1, 0.15) is 18.9 Å². The van der Waals surface area contributed by atoms with Crippen molar-refractivity contribution in [2.24, 2.45) is 5.73 Å². The molecule has 0 fully saturated rings. The van der Waals surface area contributed by atoms with Crippen LogP contribution in [0.4, 0.5) is 4.79 Å². The number of carbonyl (C=O) groups is 2. The lowest BCUT2D eigenvalue weighted by Gasteiger charge is -2.25. The van der Waals surface area contributed by atoms with E-state index in [9.17, 15) is 14.2 Å². The maximum Gasteiger partial charge on any atom is 0.432 e. The molecule has 23 heavy (non-hydrogen) atoms. The maximum absolute atomic E-state index is 11.9. The van der Waals surface area contributed by atoms with Crippen LogP contribution in [0.5, 0.6) is 0 Å². The van der Waals surface area contributed by atoms with Crippen molar-refractivity contribution in [2.75, 3.05) is 0 Å². The van der Waals surface area contributed by atoms with E-state index in [0.717, 1.165) is 0 Å². The molecule has 0 bridgehead atoms. The van der Waals surface area contributed by atoms with Gasteiger partial charge in [0.2, 0.25) is 0 Å². The smallest absolute Gasteiger partial charge is 0.432 e. The van der Waals surface area contributed by atoms with Crippen molar-refractivity contribution in [1.82, 2.24) is 5.06 Å². The van der Waals surface area contributed by atoms with E-state index in [0.29, 0.717) is 10.6 Å². The molecule has 128 valence electrons. The fourth-order valence-electron chi connectivity index (χ4n) is 1.68. The summed E-state index contributed by atoms with van der Waals surface area (Å²) < 4.78 is 11.0. The number of hydrogen-bond donors (Lipinski definition) is 4. The Kier molecular flexibility index (Phi) is 6.86. The normalized spacial score (nSPS) is 14.1. The van der Waals surface area contributed by atoms with Gasteiger partial charge in [-0.2, -0.15) is 5.06 Å². The van der Waals surface area contributed by atoms with Gasteiger partial charge < -0.3 is 20.6 Å². The molecule has 0 aliphatic rings. The molecule has 1 amide bonds. The Bertz CT molecular complexity index is 589. The van der Waals surface area contributed by atoms with E-state index in [-0.39, 0.29) is 6.61 Å². The molecule has 10 heteroatoms. The summed E-state index contributed by atoms with van der Waals surface area (Å²) in [6.07, 6.45) is -2.16. The van der Waals surface area contributed by atoms with Crippen molar-refractivity contribution in [2.45, 2.75) is 31.8 Å². The Morgan fingerprint density at radius 2 is 1.87 bits per heavy atom. The average molecular weight is 346 g/mol. The van der Waals surface area contributed by atoms with Crippen LogP contribution >= 0.6 is 7.60 Å². The predicted molar refractivity (Wildman–Crippen MR) is 80.2 cm³/mol. The molecular weight excluding hydrogens is 327 g/mol. The lowest BCUT2D eigenvalue weighted by Crippen LogP contribution is -2.44. The summed E-state index contributed by atoms with van der Waals surface area (Å²) in [5.74, 6) is -2.43. The van der Waals surface area contributed by atoms with Gasteiger partial charge in [-0.05, 0) is 12.5 Å². The molecular formula is C13H19N2O7P. The topological polar surface area (TPSA) is 150 Å². The van der Waals surface area contributed by atoms with E-state index < -0.39 is 37.7 Å². The summed E-state index contributed by atoms with van der Waals surface area (Å²) in [6, 6.07) is 7.46. The summed E-state index contributed by atoms with van der Waals surface area (Å²) in [7, 11) is -4.62. The fourth-order valence-corrected chi connectivity index (χ4v) is 2.10. The van der Waals surface area contributed by atoms with Gasteiger partial charge in [-0.3, -0.25) is 14.2 Å². The molecule has 0 saturated carbocycles. The van der Waals surface area contributed by atoms with E-state index >= 15 is 0 Å². The Balaban J connectivity index is 2.70. The third-order valence-electron chi connectivity index (χ3n) is 3.06. The van der Waals surface area contributed by atoms with Crippen LogP contribution in [0.25, 0.3) is 0 Å². The molecule has 0 aromatic heterocycles. The minimum Gasteiger partial charge on any atom is -0.463 e. The number of nitrogens with two attached hydrogens (primary N) is 1. The first-order valence-corrected chi connectivity index (χ1v) is 8.33. The molecule has 1 aromatic carbocycles. The predicted octanol–water partition coefficient (Wildman–Crippen LogP) is 0.908. The zero-order valence-electron chi connectivity index (χ0n) is 12.4. The van der Waals surface area contributed by atoms with E-state index in [2.05, 4.69) is 0 Å². The van der Waals surface area contributed by atoms with Crippen LogP contribution in [-0.4, -0.2) is 43.7 Å². The third-order valence-corrected chi connectivity index (χ3v) is 4.11. The Labute approximate surface area is 132 Å². The Hall–Kier alpha value is -1.77. The van der Waals surface area contributed by atoms with Crippen LogP contribution in [0.3, 0.4) is 0 Å². The summed E-state index contributed by atoms with van der Waals surface area (Å²) in [4.78, 5) is 46.1.